The van der Waals surface area contributed by atoms with E-state index in [0.29, 0.717) is 11.7 Å². The molecule has 3 N–H and O–H groups in total. The van der Waals surface area contributed by atoms with Gasteiger partial charge in [0.1, 0.15) is 11.9 Å². The Morgan fingerprint density at radius 2 is 2.44 bits per heavy atom. The van der Waals surface area contributed by atoms with E-state index in [1.54, 1.807) is 12.4 Å². The largest absolute Gasteiger partial charge is 0.375 e. The van der Waals surface area contributed by atoms with Crippen LogP contribution in [0.4, 0.5) is 5.13 Å². The summed E-state index contributed by atoms with van der Waals surface area (Å²) in [6, 6.07) is -0.288. The molecule has 18 heavy (non-hydrogen) atoms. The summed E-state index contributed by atoms with van der Waals surface area (Å²) in [6.07, 6.45) is 3.47. The van der Waals surface area contributed by atoms with Gasteiger partial charge in [0, 0.05) is 17.8 Å². The van der Waals surface area contributed by atoms with Crippen molar-refractivity contribution in [3.63, 3.8) is 0 Å². The minimum atomic E-state index is -0.288. The van der Waals surface area contributed by atoms with E-state index in [-0.39, 0.29) is 11.9 Å². The van der Waals surface area contributed by atoms with Crippen molar-refractivity contribution in [1.82, 2.24) is 19.9 Å². The second-order valence-electron chi connectivity index (χ2n) is 3.95. The maximum atomic E-state index is 12.0. The van der Waals surface area contributed by atoms with Crippen molar-refractivity contribution in [3.05, 3.63) is 29.3 Å². The number of aromatic nitrogens is 3. The Labute approximate surface area is 109 Å². The lowest BCUT2D eigenvalue weighted by Crippen LogP contribution is -2.30. The quantitative estimate of drug-likeness (QED) is 0.867. The number of aryl methyl sites for hydroxylation is 1. The molecule has 1 amide bonds. The first-order chi connectivity index (χ1) is 8.58. The van der Waals surface area contributed by atoms with Crippen LogP contribution in [0.15, 0.2) is 17.8 Å². The van der Waals surface area contributed by atoms with Crippen LogP contribution in [0.25, 0.3) is 0 Å². The molecule has 96 valence electrons. The number of nitrogens with two attached hydrogens (primary N) is 1. The zero-order valence-corrected chi connectivity index (χ0v) is 11.1. The van der Waals surface area contributed by atoms with Gasteiger partial charge in [-0.05, 0) is 13.8 Å². The minimum Gasteiger partial charge on any atom is -0.375 e. The molecular weight excluding hydrogens is 250 g/mol. The predicted molar refractivity (Wildman–Crippen MR) is 70.0 cm³/mol. The van der Waals surface area contributed by atoms with Gasteiger partial charge >= 0.3 is 0 Å². The molecule has 2 aromatic rings. The fraction of sp³-hybridized carbons (Fsp3) is 0.364. The van der Waals surface area contributed by atoms with E-state index < -0.39 is 0 Å². The number of rotatable bonds is 4. The van der Waals surface area contributed by atoms with Crippen LogP contribution in [0.1, 0.15) is 24.5 Å². The Hall–Kier alpha value is -1.89. The maximum absolute atomic E-state index is 12.0. The van der Waals surface area contributed by atoms with E-state index >= 15 is 0 Å². The SMILES string of the molecule is Cc1nccn1[C@@H](C)C(=O)NCc1csc(N)n1. The van der Waals surface area contributed by atoms with Gasteiger partial charge in [0.05, 0.1) is 12.2 Å². The summed E-state index contributed by atoms with van der Waals surface area (Å²) in [5.41, 5.74) is 6.30. The summed E-state index contributed by atoms with van der Waals surface area (Å²) in [5, 5.41) is 5.18. The molecule has 7 heteroatoms. The third-order valence-electron chi connectivity index (χ3n) is 2.67. The molecule has 0 saturated heterocycles. The molecule has 6 nitrogen and oxygen atoms in total. The summed E-state index contributed by atoms with van der Waals surface area (Å²) in [7, 11) is 0. The lowest BCUT2D eigenvalue weighted by molar-refractivity contribution is -0.124. The number of carbonyl (C=O) groups excluding carboxylic acids is 1. The maximum Gasteiger partial charge on any atom is 0.243 e. The van der Waals surface area contributed by atoms with Gasteiger partial charge in [-0.15, -0.1) is 11.3 Å². The number of nitrogen functional groups attached to an aromatic ring is 1. The van der Waals surface area contributed by atoms with Crippen LogP contribution < -0.4 is 11.1 Å². The van der Waals surface area contributed by atoms with Crippen molar-refractivity contribution in [2.45, 2.75) is 26.4 Å². The van der Waals surface area contributed by atoms with E-state index in [1.165, 1.54) is 11.3 Å². The third kappa shape index (κ3) is 2.67. The van der Waals surface area contributed by atoms with Crippen molar-refractivity contribution in [2.24, 2.45) is 0 Å². The van der Waals surface area contributed by atoms with E-state index in [9.17, 15) is 4.79 Å². The van der Waals surface area contributed by atoms with E-state index in [1.807, 2.05) is 23.8 Å². The van der Waals surface area contributed by atoms with Crippen LogP contribution in [0.3, 0.4) is 0 Å². The Kier molecular flexibility index (Phi) is 3.61. The van der Waals surface area contributed by atoms with Crippen LogP contribution in [0.5, 0.6) is 0 Å². The standard InChI is InChI=1S/C11H15N5OS/c1-7(16-4-3-13-8(16)2)10(17)14-5-9-6-18-11(12)15-9/h3-4,6-7H,5H2,1-2H3,(H2,12,15)(H,14,17)/t7-/m0/s1. The monoisotopic (exact) mass is 265 g/mol. The molecule has 1 atom stereocenters. The van der Waals surface area contributed by atoms with Crippen LogP contribution in [0, 0.1) is 6.92 Å². The van der Waals surface area contributed by atoms with Crippen LogP contribution in [0.2, 0.25) is 0 Å². The lowest BCUT2D eigenvalue weighted by atomic mass is 10.3. The van der Waals surface area contributed by atoms with Gasteiger partial charge in [-0.1, -0.05) is 0 Å². The fourth-order valence-corrected chi connectivity index (χ4v) is 2.22. The highest BCUT2D eigenvalue weighted by Gasteiger charge is 2.15. The molecule has 0 unspecified atom stereocenters. The first kappa shape index (κ1) is 12.6. The molecule has 0 aliphatic rings. The van der Waals surface area contributed by atoms with Crippen molar-refractivity contribution >= 4 is 22.4 Å². The molecule has 0 spiro atoms. The summed E-state index contributed by atoms with van der Waals surface area (Å²) in [4.78, 5) is 20.1. The smallest absolute Gasteiger partial charge is 0.243 e. The number of nitrogens with one attached hydrogen (secondary N) is 1. The topological polar surface area (TPSA) is 85.8 Å². The first-order valence-corrected chi connectivity index (χ1v) is 6.43. The molecule has 2 aromatic heterocycles. The van der Waals surface area contributed by atoms with Gasteiger partial charge in [-0.25, -0.2) is 9.97 Å². The van der Waals surface area contributed by atoms with Crippen LogP contribution in [-0.2, 0) is 11.3 Å². The minimum absolute atomic E-state index is 0.0670. The lowest BCUT2D eigenvalue weighted by Gasteiger charge is -2.14. The van der Waals surface area contributed by atoms with E-state index in [2.05, 4.69) is 15.3 Å². The van der Waals surface area contributed by atoms with Gasteiger partial charge in [0.25, 0.3) is 0 Å². The molecule has 0 aromatic carbocycles. The molecule has 2 rings (SSSR count). The van der Waals surface area contributed by atoms with Crippen molar-refractivity contribution in [2.75, 3.05) is 5.73 Å². The number of thiazole rings is 1. The zero-order valence-electron chi connectivity index (χ0n) is 10.3. The van der Waals surface area contributed by atoms with E-state index in [4.69, 9.17) is 5.73 Å². The van der Waals surface area contributed by atoms with Crippen molar-refractivity contribution in [1.29, 1.82) is 0 Å². The van der Waals surface area contributed by atoms with Gasteiger partial charge < -0.3 is 15.6 Å². The van der Waals surface area contributed by atoms with Crippen molar-refractivity contribution < 1.29 is 4.79 Å². The van der Waals surface area contributed by atoms with Gasteiger partial charge in [0.15, 0.2) is 5.13 Å². The van der Waals surface area contributed by atoms with Crippen LogP contribution >= 0.6 is 11.3 Å². The molecule has 0 aliphatic carbocycles. The molecule has 0 bridgehead atoms. The number of hydrogen-bond donors (Lipinski definition) is 2. The average molecular weight is 265 g/mol. The highest BCUT2D eigenvalue weighted by molar-refractivity contribution is 7.13. The second kappa shape index (κ2) is 5.18. The van der Waals surface area contributed by atoms with Crippen LogP contribution in [-0.4, -0.2) is 20.4 Å². The highest BCUT2D eigenvalue weighted by Crippen LogP contribution is 2.12. The third-order valence-corrected chi connectivity index (χ3v) is 3.39. The number of imidazole rings is 1. The van der Waals surface area contributed by atoms with Gasteiger partial charge in [0.2, 0.25) is 5.91 Å². The second-order valence-corrected chi connectivity index (χ2v) is 4.84. The van der Waals surface area contributed by atoms with E-state index in [0.717, 1.165) is 11.5 Å². The van der Waals surface area contributed by atoms with Gasteiger partial charge in [-0.2, -0.15) is 0 Å². The normalized spacial score (nSPS) is 12.3. The summed E-state index contributed by atoms with van der Waals surface area (Å²) in [5.74, 6) is 0.748. The number of anilines is 1. The molecule has 0 radical (unpaired) electrons. The fourth-order valence-electron chi connectivity index (χ4n) is 1.65. The highest BCUT2D eigenvalue weighted by atomic mass is 32.1. The molecule has 2 heterocycles. The number of amides is 1. The van der Waals surface area contributed by atoms with Crippen molar-refractivity contribution in [3.8, 4) is 0 Å². The Morgan fingerprint density at radius 3 is 3.00 bits per heavy atom. The summed E-state index contributed by atoms with van der Waals surface area (Å²) < 4.78 is 1.82. The molecule has 0 aliphatic heterocycles. The molecule has 0 saturated carbocycles. The number of carbonyl (C=O) groups is 1. The molecular formula is C11H15N5OS. The Bertz CT molecular complexity index is 547. The number of nitrogens with zero attached hydrogens (tertiary/aromatic N) is 3. The zero-order chi connectivity index (χ0) is 13.1. The Morgan fingerprint density at radius 1 is 1.67 bits per heavy atom. The van der Waals surface area contributed by atoms with Gasteiger partial charge in [-0.3, -0.25) is 4.79 Å². The number of hydrogen-bond acceptors (Lipinski definition) is 5. The Balaban J connectivity index is 1.94. The summed E-state index contributed by atoms with van der Waals surface area (Å²) >= 11 is 1.36. The summed E-state index contributed by atoms with van der Waals surface area (Å²) in [6.45, 7) is 4.09. The predicted octanol–water partition coefficient (Wildman–Crippen LogP) is 1.11. The first-order valence-electron chi connectivity index (χ1n) is 5.55. The molecule has 0 fully saturated rings. The average Bonchev–Trinajstić information content (AvgIpc) is 2.94.